The number of amides is 1. The van der Waals surface area contributed by atoms with Crippen LogP contribution in [0.15, 0.2) is 18.6 Å². The minimum atomic E-state index is -0.743. The van der Waals surface area contributed by atoms with Crippen LogP contribution in [0.4, 0.5) is 4.39 Å². The Bertz CT molecular complexity index is 863. The molecule has 1 saturated carbocycles. The second-order valence-corrected chi connectivity index (χ2v) is 8.62. The van der Waals surface area contributed by atoms with Gasteiger partial charge >= 0.3 is 0 Å². The lowest BCUT2D eigenvalue weighted by Crippen LogP contribution is -2.60. The molecule has 0 bridgehead atoms. The maximum atomic E-state index is 13.4. The molecule has 3 aliphatic rings. The van der Waals surface area contributed by atoms with E-state index < -0.39 is 6.17 Å². The Balaban J connectivity index is 1.23. The zero-order valence-electron chi connectivity index (χ0n) is 16.1. The number of fused-ring (bicyclic) bond motifs is 2. The topological polar surface area (TPSA) is 80.9 Å². The van der Waals surface area contributed by atoms with Crippen molar-refractivity contribution in [2.75, 3.05) is 13.1 Å². The molecule has 28 heavy (non-hydrogen) atoms. The number of aromatic nitrogens is 5. The van der Waals surface area contributed by atoms with Crippen LogP contribution in [-0.2, 0) is 23.9 Å². The molecule has 2 aromatic heterocycles. The first kappa shape index (κ1) is 17.8. The van der Waals surface area contributed by atoms with Gasteiger partial charge in [0.15, 0.2) is 0 Å². The SMILES string of the molecule is Cn1cc(CN2CC3(CC(NC(=O)C4CCC(F)CC4)c4nccn43)C2)nn1. The van der Waals surface area contributed by atoms with E-state index in [1.165, 1.54) is 0 Å². The summed E-state index contributed by atoms with van der Waals surface area (Å²) in [5, 5.41) is 11.4. The zero-order valence-corrected chi connectivity index (χ0v) is 16.1. The van der Waals surface area contributed by atoms with Gasteiger partial charge in [0, 0.05) is 57.6 Å². The van der Waals surface area contributed by atoms with Gasteiger partial charge in [0.05, 0.1) is 17.3 Å². The third kappa shape index (κ3) is 3.01. The number of rotatable bonds is 4. The van der Waals surface area contributed by atoms with E-state index in [0.29, 0.717) is 25.7 Å². The van der Waals surface area contributed by atoms with Gasteiger partial charge in [-0.15, -0.1) is 5.10 Å². The van der Waals surface area contributed by atoms with Crippen LogP contribution in [0.2, 0.25) is 0 Å². The molecule has 2 aliphatic heterocycles. The number of halogens is 1. The summed E-state index contributed by atoms with van der Waals surface area (Å²) in [6, 6.07) is -0.0655. The van der Waals surface area contributed by atoms with E-state index in [9.17, 15) is 9.18 Å². The van der Waals surface area contributed by atoms with Gasteiger partial charge in [0.1, 0.15) is 12.0 Å². The highest BCUT2D eigenvalue weighted by Gasteiger charge is 2.52. The third-order valence-corrected chi connectivity index (χ3v) is 6.49. The highest BCUT2D eigenvalue weighted by atomic mass is 19.1. The fourth-order valence-electron chi connectivity index (χ4n) is 5.14. The highest BCUT2D eigenvalue weighted by Crippen LogP contribution is 2.45. The number of carbonyl (C=O) groups is 1. The molecule has 1 saturated heterocycles. The molecule has 1 unspecified atom stereocenters. The van der Waals surface area contributed by atoms with E-state index in [-0.39, 0.29) is 23.4 Å². The predicted molar refractivity (Wildman–Crippen MR) is 98.8 cm³/mol. The second kappa shape index (κ2) is 6.65. The summed E-state index contributed by atoms with van der Waals surface area (Å²) in [6.07, 6.45) is 8.18. The van der Waals surface area contributed by atoms with E-state index in [2.05, 4.69) is 30.1 Å². The van der Waals surface area contributed by atoms with Crippen molar-refractivity contribution < 1.29 is 9.18 Å². The van der Waals surface area contributed by atoms with Gasteiger partial charge in [-0.3, -0.25) is 14.4 Å². The van der Waals surface area contributed by atoms with Gasteiger partial charge in [-0.25, -0.2) is 9.37 Å². The van der Waals surface area contributed by atoms with Crippen LogP contribution in [0.25, 0.3) is 0 Å². The van der Waals surface area contributed by atoms with E-state index in [1.54, 1.807) is 4.68 Å². The molecule has 0 aromatic carbocycles. The first-order valence-corrected chi connectivity index (χ1v) is 10.1. The minimum absolute atomic E-state index is 0.0113. The van der Waals surface area contributed by atoms with Gasteiger partial charge in [0.25, 0.3) is 0 Å². The van der Waals surface area contributed by atoms with Crippen LogP contribution in [0, 0.1) is 5.92 Å². The van der Waals surface area contributed by atoms with Crippen molar-refractivity contribution in [2.45, 2.75) is 56.4 Å². The summed E-state index contributed by atoms with van der Waals surface area (Å²) in [5.74, 6) is 0.924. The van der Waals surface area contributed by atoms with E-state index in [0.717, 1.165) is 37.6 Å². The van der Waals surface area contributed by atoms with Crippen LogP contribution in [-0.4, -0.2) is 54.6 Å². The lowest BCUT2D eigenvalue weighted by molar-refractivity contribution is -0.127. The smallest absolute Gasteiger partial charge is 0.223 e. The van der Waals surface area contributed by atoms with Gasteiger partial charge < -0.3 is 9.88 Å². The Morgan fingerprint density at radius 2 is 2.11 bits per heavy atom. The highest BCUT2D eigenvalue weighted by molar-refractivity contribution is 5.79. The van der Waals surface area contributed by atoms with Crippen molar-refractivity contribution in [2.24, 2.45) is 13.0 Å². The number of alkyl halides is 1. The molecule has 5 rings (SSSR count). The fraction of sp³-hybridized carbons (Fsp3) is 0.684. The van der Waals surface area contributed by atoms with Crippen LogP contribution >= 0.6 is 0 Å². The number of hydrogen-bond donors (Lipinski definition) is 1. The van der Waals surface area contributed by atoms with Crippen LogP contribution < -0.4 is 5.32 Å². The second-order valence-electron chi connectivity index (χ2n) is 8.62. The zero-order chi connectivity index (χ0) is 19.3. The van der Waals surface area contributed by atoms with Crippen molar-refractivity contribution in [1.82, 2.24) is 34.8 Å². The number of carbonyl (C=O) groups excluding carboxylic acids is 1. The number of nitrogens with zero attached hydrogens (tertiary/aromatic N) is 6. The van der Waals surface area contributed by atoms with Crippen molar-refractivity contribution in [3.05, 3.63) is 30.1 Å². The van der Waals surface area contributed by atoms with Crippen molar-refractivity contribution in [3.8, 4) is 0 Å². The molecule has 2 fully saturated rings. The number of hydrogen-bond acceptors (Lipinski definition) is 5. The van der Waals surface area contributed by atoms with Crippen molar-refractivity contribution in [3.63, 3.8) is 0 Å². The number of aryl methyl sites for hydroxylation is 1. The fourth-order valence-corrected chi connectivity index (χ4v) is 5.14. The first-order valence-electron chi connectivity index (χ1n) is 10.1. The third-order valence-electron chi connectivity index (χ3n) is 6.49. The molecule has 9 heteroatoms. The summed E-state index contributed by atoms with van der Waals surface area (Å²) >= 11 is 0. The predicted octanol–water partition coefficient (Wildman–Crippen LogP) is 1.31. The Hall–Kier alpha value is -2.29. The maximum Gasteiger partial charge on any atom is 0.223 e. The molecule has 8 nitrogen and oxygen atoms in total. The molecular weight excluding hydrogens is 361 g/mol. The molecule has 1 spiro atoms. The number of likely N-dealkylation sites (tertiary alicyclic amines) is 1. The average Bonchev–Trinajstić information content (AvgIpc) is 3.33. The molecule has 150 valence electrons. The average molecular weight is 387 g/mol. The normalized spacial score (nSPS) is 28.9. The van der Waals surface area contributed by atoms with E-state index in [1.807, 2.05) is 25.6 Å². The quantitative estimate of drug-likeness (QED) is 0.856. The molecule has 1 aliphatic carbocycles. The molecule has 1 atom stereocenters. The van der Waals surface area contributed by atoms with E-state index in [4.69, 9.17) is 0 Å². The van der Waals surface area contributed by atoms with Gasteiger partial charge in [0.2, 0.25) is 5.91 Å². The molecular formula is C19H26FN7O. The lowest BCUT2D eigenvalue weighted by Gasteiger charge is -2.49. The van der Waals surface area contributed by atoms with Gasteiger partial charge in [-0.1, -0.05) is 5.21 Å². The number of nitrogens with one attached hydrogen (secondary N) is 1. The lowest BCUT2D eigenvalue weighted by atomic mass is 9.85. The largest absolute Gasteiger partial charge is 0.346 e. The monoisotopic (exact) mass is 387 g/mol. The summed E-state index contributed by atoms with van der Waals surface area (Å²) in [6.45, 7) is 2.60. The summed E-state index contributed by atoms with van der Waals surface area (Å²) < 4.78 is 17.3. The van der Waals surface area contributed by atoms with Crippen LogP contribution in [0.5, 0.6) is 0 Å². The standard InChI is InChI=1S/C19H26FN7O/c1-25-9-15(23-24-25)10-26-11-19(12-26)8-16(17-21-6-7-27(17)19)22-18(28)13-2-4-14(20)5-3-13/h6-7,9,13-14,16H,2-5,8,10-12H2,1H3,(H,22,28). The van der Waals surface area contributed by atoms with Crippen LogP contribution in [0.3, 0.4) is 0 Å². The first-order chi connectivity index (χ1) is 13.5. The van der Waals surface area contributed by atoms with Gasteiger partial charge in [-0.2, -0.15) is 0 Å². The summed E-state index contributed by atoms with van der Waals surface area (Å²) in [5.41, 5.74) is 0.956. The molecule has 1 N–H and O–H groups in total. The Labute approximate surface area is 163 Å². The minimum Gasteiger partial charge on any atom is -0.346 e. The Morgan fingerprint density at radius 1 is 1.32 bits per heavy atom. The summed E-state index contributed by atoms with van der Waals surface area (Å²) in [7, 11) is 1.87. The van der Waals surface area contributed by atoms with Gasteiger partial charge in [-0.05, 0) is 25.7 Å². The Morgan fingerprint density at radius 3 is 2.82 bits per heavy atom. The molecule has 0 radical (unpaired) electrons. The molecule has 2 aromatic rings. The molecule has 4 heterocycles. The molecule has 1 amide bonds. The van der Waals surface area contributed by atoms with Crippen LogP contribution in [0.1, 0.15) is 49.7 Å². The number of imidazole rings is 1. The summed E-state index contributed by atoms with van der Waals surface area (Å²) in [4.78, 5) is 19.6. The van der Waals surface area contributed by atoms with Crippen molar-refractivity contribution >= 4 is 5.91 Å². The van der Waals surface area contributed by atoms with E-state index >= 15 is 0 Å². The van der Waals surface area contributed by atoms with Crippen molar-refractivity contribution in [1.29, 1.82) is 0 Å². The maximum absolute atomic E-state index is 13.4. The Kier molecular flexibility index (Phi) is 4.22.